The third kappa shape index (κ3) is 4.38. The largest absolute Gasteiger partial charge is 0.379 e. The summed E-state index contributed by atoms with van der Waals surface area (Å²) < 4.78 is 7.47. The quantitative estimate of drug-likeness (QED) is 0.594. The molecule has 1 aliphatic rings. The summed E-state index contributed by atoms with van der Waals surface area (Å²) in [6.45, 7) is 4.72. The first-order valence-electron chi connectivity index (χ1n) is 8.94. The monoisotopic (exact) mass is 445 g/mol. The second-order valence-electron chi connectivity index (χ2n) is 6.38. The Morgan fingerprint density at radius 3 is 2.63 bits per heavy atom. The van der Waals surface area contributed by atoms with Crippen LogP contribution in [0.2, 0.25) is 0 Å². The predicted octanol–water partition coefficient (Wildman–Crippen LogP) is 4.04. The highest BCUT2D eigenvalue weighted by Crippen LogP contribution is 2.29. The Morgan fingerprint density at radius 1 is 1.15 bits per heavy atom. The van der Waals surface area contributed by atoms with Crippen molar-refractivity contribution >= 4 is 48.5 Å². The SMILES string of the molecule is O=C(c1ccc(Br)cc1)N(CCN1CCOCC1)c1nc2ccccc2s1. The van der Waals surface area contributed by atoms with Gasteiger partial charge in [0.05, 0.1) is 23.4 Å². The standard InChI is InChI=1S/C20H20BrN3O2S/c21-16-7-5-15(6-8-16)19(25)24(10-9-23-11-13-26-14-12-23)20-22-17-3-1-2-4-18(17)27-20/h1-8H,9-14H2. The maximum absolute atomic E-state index is 13.2. The number of anilines is 1. The van der Waals surface area contributed by atoms with E-state index >= 15 is 0 Å². The average Bonchev–Trinajstić information content (AvgIpc) is 3.13. The van der Waals surface area contributed by atoms with Gasteiger partial charge in [-0.3, -0.25) is 14.6 Å². The lowest BCUT2D eigenvalue weighted by Gasteiger charge is -2.29. The Kier molecular flexibility index (Phi) is 5.83. The van der Waals surface area contributed by atoms with E-state index in [0.717, 1.165) is 52.7 Å². The van der Waals surface area contributed by atoms with Crippen molar-refractivity contribution in [2.24, 2.45) is 0 Å². The molecule has 1 fully saturated rings. The molecule has 1 aromatic heterocycles. The molecule has 2 heterocycles. The van der Waals surface area contributed by atoms with E-state index < -0.39 is 0 Å². The first-order valence-corrected chi connectivity index (χ1v) is 10.5. The van der Waals surface area contributed by atoms with Gasteiger partial charge in [-0.05, 0) is 36.4 Å². The van der Waals surface area contributed by atoms with Gasteiger partial charge >= 0.3 is 0 Å². The highest BCUT2D eigenvalue weighted by molar-refractivity contribution is 9.10. The van der Waals surface area contributed by atoms with Gasteiger partial charge in [-0.25, -0.2) is 4.98 Å². The van der Waals surface area contributed by atoms with Crippen LogP contribution in [0.4, 0.5) is 5.13 Å². The topological polar surface area (TPSA) is 45.7 Å². The van der Waals surface area contributed by atoms with Crippen LogP contribution in [0.1, 0.15) is 10.4 Å². The second-order valence-corrected chi connectivity index (χ2v) is 8.31. The van der Waals surface area contributed by atoms with Gasteiger partial charge in [0.2, 0.25) is 0 Å². The van der Waals surface area contributed by atoms with Crippen LogP contribution in [0, 0.1) is 0 Å². The minimum Gasteiger partial charge on any atom is -0.379 e. The minimum absolute atomic E-state index is 0.0187. The molecule has 27 heavy (non-hydrogen) atoms. The molecule has 0 spiro atoms. The lowest BCUT2D eigenvalue weighted by atomic mass is 10.2. The first-order chi connectivity index (χ1) is 13.2. The van der Waals surface area contributed by atoms with E-state index in [2.05, 4.69) is 20.8 Å². The maximum Gasteiger partial charge on any atom is 0.260 e. The van der Waals surface area contributed by atoms with Crippen molar-refractivity contribution in [2.75, 3.05) is 44.3 Å². The molecular formula is C20H20BrN3O2S. The van der Waals surface area contributed by atoms with Gasteiger partial charge in [-0.2, -0.15) is 0 Å². The van der Waals surface area contributed by atoms with E-state index in [4.69, 9.17) is 9.72 Å². The van der Waals surface area contributed by atoms with Crippen LogP contribution >= 0.6 is 27.3 Å². The molecule has 0 atom stereocenters. The van der Waals surface area contributed by atoms with Crippen LogP contribution in [0.25, 0.3) is 10.2 Å². The van der Waals surface area contributed by atoms with Crippen molar-refractivity contribution in [3.8, 4) is 0 Å². The van der Waals surface area contributed by atoms with Gasteiger partial charge in [0.1, 0.15) is 0 Å². The van der Waals surface area contributed by atoms with E-state index in [1.807, 2.05) is 53.4 Å². The number of nitrogens with zero attached hydrogens (tertiary/aromatic N) is 3. The number of thiazole rings is 1. The number of ether oxygens (including phenoxy) is 1. The van der Waals surface area contributed by atoms with E-state index in [-0.39, 0.29) is 5.91 Å². The molecule has 4 rings (SSSR count). The van der Waals surface area contributed by atoms with Crippen molar-refractivity contribution < 1.29 is 9.53 Å². The molecule has 140 valence electrons. The molecule has 0 unspecified atom stereocenters. The van der Waals surface area contributed by atoms with Gasteiger partial charge in [-0.15, -0.1) is 0 Å². The van der Waals surface area contributed by atoms with Gasteiger partial charge in [0.25, 0.3) is 5.91 Å². The molecule has 1 amide bonds. The number of carbonyl (C=O) groups is 1. The molecule has 0 N–H and O–H groups in total. The molecule has 0 aliphatic carbocycles. The number of rotatable bonds is 5. The summed E-state index contributed by atoms with van der Waals surface area (Å²) in [6, 6.07) is 15.5. The number of morpholine rings is 1. The summed E-state index contributed by atoms with van der Waals surface area (Å²) in [5, 5.41) is 0.748. The molecule has 5 nitrogen and oxygen atoms in total. The van der Waals surface area contributed by atoms with Crippen LogP contribution in [0.3, 0.4) is 0 Å². The molecule has 3 aromatic rings. The van der Waals surface area contributed by atoms with E-state index in [0.29, 0.717) is 12.1 Å². The molecule has 0 radical (unpaired) electrons. The molecule has 1 aliphatic heterocycles. The van der Waals surface area contributed by atoms with E-state index in [9.17, 15) is 4.79 Å². The van der Waals surface area contributed by atoms with Crippen LogP contribution in [-0.4, -0.2) is 55.2 Å². The summed E-state index contributed by atoms with van der Waals surface area (Å²) in [5.74, 6) is -0.0187. The number of para-hydroxylation sites is 1. The molecular weight excluding hydrogens is 426 g/mol. The van der Waals surface area contributed by atoms with Crippen molar-refractivity contribution in [3.05, 3.63) is 58.6 Å². The summed E-state index contributed by atoms with van der Waals surface area (Å²) in [5.41, 5.74) is 1.59. The summed E-state index contributed by atoms with van der Waals surface area (Å²) >= 11 is 4.99. The lowest BCUT2D eigenvalue weighted by molar-refractivity contribution is 0.0391. The van der Waals surface area contributed by atoms with Crippen molar-refractivity contribution in [1.29, 1.82) is 0 Å². The Balaban J connectivity index is 1.61. The Bertz CT molecular complexity index is 889. The zero-order valence-corrected chi connectivity index (χ0v) is 17.2. The fraction of sp³-hybridized carbons (Fsp3) is 0.300. The van der Waals surface area contributed by atoms with Gasteiger partial charge < -0.3 is 4.74 Å². The molecule has 1 saturated heterocycles. The molecule has 0 bridgehead atoms. The van der Waals surface area contributed by atoms with Crippen LogP contribution in [0.15, 0.2) is 53.0 Å². The normalized spacial score (nSPS) is 15.1. The highest BCUT2D eigenvalue weighted by atomic mass is 79.9. The zero-order valence-electron chi connectivity index (χ0n) is 14.8. The summed E-state index contributed by atoms with van der Waals surface area (Å²) in [4.78, 5) is 22.1. The van der Waals surface area contributed by atoms with Gasteiger partial charge in [0, 0.05) is 36.2 Å². The van der Waals surface area contributed by atoms with Gasteiger partial charge in [0.15, 0.2) is 5.13 Å². The molecule has 7 heteroatoms. The molecule has 2 aromatic carbocycles. The average molecular weight is 446 g/mol. The number of fused-ring (bicyclic) bond motifs is 1. The maximum atomic E-state index is 13.2. The van der Waals surface area contributed by atoms with Crippen molar-refractivity contribution in [1.82, 2.24) is 9.88 Å². The fourth-order valence-corrected chi connectivity index (χ4v) is 4.33. The highest BCUT2D eigenvalue weighted by Gasteiger charge is 2.22. The Labute approximate surface area is 170 Å². The van der Waals surface area contributed by atoms with Gasteiger partial charge in [-0.1, -0.05) is 39.4 Å². The summed E-state index contributed by atoms with van der Waals surface area (Å²) in [6.07, 6.45) is 0. The zero-order chi connectivity index (χ0) is 18.6. The van der Waals surface area contributed by atoms with Crippen molar-refractivity contribution in [2.45, 2.75) is 0 Å². The number of benzene rings is 2. The van der Waals surface area contributed by atoms with E-state index in [1.54, 1.807) is 11.3 Å². The third-order valence-corrected chi connectivity index (χ3v) is 6.18. The minimum atomic E-state index is -0.0187. The number of amides is 1. The van der Waals surface area contributed by atoms with E-state index in [1.165, 1.54) is 0 Å². The number of hydrogen-bond acceptors (Lipinski definition) is 5. The fourth-order valence-electron chi connectivity index (χ4n) is 3.07. The Morgan fingerprint density at radius 2 is 1.89 bits per heavy atom. The second kappa shape index (κ2) is 8.48. The number of carbonyl (C=O) groups excluding carboxylic acids is 1. The first kappa shape index (κ1) is 18.6. The number of aromatic nitrogens is 1. The Hall–Kier alpha value is -1.80. The van der Waals surface area contributed by atoms with Crippen LogP contribution < -0.4 is 4.90 Å². The number of halogens is 1. The third-order valence-electron chi connectivity index (χ3n) is 4.59. The lowest BCUT2D eigenvalue weighted by Crippen LogP contribution is -2.43. The predicted molar refractivity (Wildman–Crippen MR) is 113 cm³/mol. The molecule has 0 saturated carbocycles. The summed E-state index contributed by atoms with van der Waals surface area (Å²) in [7, 11) is 0. The van der Waals surface area contributed by atoms with Crippen molar-refractivity contribution in [3.63, 3.8) is 0 Å². The van der Waals surface area contributed by atoms with Crippen LogP contribution in [0.5, 0.6) is 0 Å². The smallest absolute Gasteiger partial charge is 0.260 e. The number of hydrogen-bond donors (Lipinski definition) is 0. The van der Waals surface area contributed by atoms with Crippen LogP contribution in [-0.2, 0) is 4.74 Å².